The number of nitriles is 2. The predicted octanol–water partition coefficient (Wildman–Crippen LogP) is 2.21. The van der Waals surface area contributed by atoms with E-state index in [-0.39, 0.29) is 18.2 Å². The molecule has 0 saturated heterocycles. The van der Waals surface area contributed by atoms with Crippen molar-refractivity contribution in [3.8, 4) is 17.8 Å². The third-order valence-corrected chi connectivity index (χ3v) is 4.09. The van der Waals surface area contributed by atoms with Crippen LogP contribution in [0.4, 0.5) is 10.2 Å². The number of halogens is 1. The Labute approximate surface area is 154 Å². The van der Waals surface area contributed by atoms with Gasteiger partial charge in [0.2, 0.25) is 5.91 Å². The van der Waals surface area contributed by atoms with E-state index >= 15 is 0 Å². The SMILES string of the molecule is Cc1c(C#N)c(NC(=O)Cn2cnc(C#N)n2)n(-c2cccc(F)c2)c1C. The smallest absolute Gasteiger partial charge is 0.252 e. The highest BCUT2D eigenvalue weighted by Crippen LogP contribution is 2.30. The van der Waals surface area contributed by atoms with E-state index in [1.54, 1.807) is 36.6 Å². The van der Waals surface area contributed by atoms with Crippen LogP contribution in [0.15, 0.2) is 30.6 Å². The van der Waals surface area contributed by atoms with Gasteiger partial charge in [-0.05, 0) is 37.6 Å². The van der Waals surface area contributed by atoms with Crippen molar-refractivity contribution in [3.63, 3.8) is 0 Å². The van der Waals surface area contributed by atoms with E-state index < -0.39 is 11.7 Å². The predicted molar refractivity (Wildman–Crippen MR) is 93.3 cm³/mol. The van der Waals surface area contributed by atoms with E-state index in [9.17, 15) is 14.4 Å². The van der Waals surface area contributed by atoms with Crippen molar-refractivity contribution < 1.29 is 9.18 Å². The van der Waals surface area contributed by atoms with Crippen LogP contribution in [-0.4, -0.2) is 25.2 Å². The number of benzene rings is 1. The molecule has 0 atom stereocenters. The van der Waals surface area contributed by atoms with Crippen LogP contribution in [0.2, 0.25) is 0 Å². The van der Waals surface area contributed by atoms with Gasteiger partial charge in [0.15, 0.2) is 0 Å². The largest absolute Gasteiger partial charge is 0.309 e. The van der Waals surface area contributed by atoms with Gasteiger partial charge in [0.05, 0.1) is 11.3 Å². The molecule has 2 heterocycles. The molecular weight excluding hydrogens is 349 g/mol. The second-order valence-corrected chi connectivity index (χ2v) is 5.79. The Bertz CT molecular complexity index is 1110. The quantitative estimate of drug-likeness (QED) is 0.764. The number of rotatable bonds is 4. The number of hydrogen-bond acceptors (Lipinski definition) is 5. The number of nitrogens with zero attached hydrogens (tertiary/aromatic N) is 6. The maximum absolute atomic E-state index is 13.7. The Hall–Kier alpha value is -3.98. The van der Waals surface area contributed by atoms with Crippen LogP contribution in [0, 0.1) is 42.3 Å². The van der Waals surface area contributed by atoms with E-state index in [0.29, 0.717) is 22.5 Å². The molecule has 9 heteroatoms. The number of nitrogens with one attached hydrogen (secondary N) is 1. The van der Waals surface area contributed by atoms with Gasteiger partial charge in [-0.1, -0.05) is 6.07 Å². The highest BCUT2D eigenvalue weighted by Gasteiger charge is 2.21. The van der Waals surface area contributed by atoms with Gasteiger partial charge >= 0.3 is 0 Å². The summed E-state index contributed by atoms with van der Waals surface area (Å²) in [5.74, 6) is -0.684. The van der Waals surface area contributed by atoms with Gasteiger partial charge in [-0.3, -0.25) is 9.36 Å². The van der Waals surface area contributed by atoms with Gasteiger partial charge in [0.25, 0.3) is 5.82 Å². The van der Waals surface area contributed by atoms with Crippen molar-refractivity contribution in [1.82, 2.24) is 19.3 Å². The summed E-state index contributed by atoms with van der Waals surface area (Å²) in [5, 5.41) is 24.8. The molecule has 1 N–H and O–H groups in total. The highest BCUT2D eigenvalue weighted by molar-refractivity contribution is 5.92. The molecule has 0 unspecified atom stereocenters. The Kier molecular flexibility index (Phi) is 4.69. The van der Waals surface area contributed by atoms with Crippen LogP contribution in [0.5, 0.6) is 0 Å². The van der Waals surface area contributed by atoms with Gasteiger partial charge < -0.3 is 5.32 Å². The number of carbonyl (C=O) groups excluding carboxylic acids is 1. The molecule has 0 spiro atoms. The monoisotopic (exact) mass is 363 g/mol. The van der Waals surface area contributed by atoms with E-state index in [2.05, 4.69) is 21.5 Å². The minimum Gasteiger partial charge on any atom is -0.309 e. The third kappa shape index (κ3) is 3.39. The average molecular weight is 363 g/mol. The van der Waals surface area contributed by atoms with Crippen molar-refractivity contribution in [1.29, 1.82) is 10.5 Å². The lowest BCUT2D eigenvalue weighted by molar-refractivity contribution is -0.116. The lowest BCUT2D eigenvalue weighted by Crippen LogP contribution is -2.21. The molecule has 0 bridgehead atoms. The normalized spacial score (nSPS) is 10.3. The average Bonchev–Trinajstić information content (AvgIpc) is 3.18. The Morgan fingerprint density at radius 2 is 2.07 bits per heavy atom. The molecule has 1 aromatic carbocycles. The van der Waals surface area contributed by atoms with Crippen LogP contribution in [0.1, 0.15) is 22.6 Å². The van der Waals surface area contributed by atoms with Gasteiger partial charge in [0.1, 0.15) is 36.6 Å². The molecule has 134 valence electrons. The third-order valence-electron chi connectivity index (χ3n) is 4.09. The zero-order valence-corrected chi connectivity index (χ0v) is 14.6. The molecule has 0 aliphatic rings. The standard InChI is InChI=1S/C18H14FN7O/c1-11-12(2)26(14-5-3-4-13(19)6-14)18(15(11)7-20)23-17(27)9-25-10-22-16(8-21)24-25/h3-6,10H,9H2,1-2H3,(H,23,27). The summed E-state index contributed by atoms with van der Waals surface area (Å²) in [7, 11) is 0. The number of amides is 1. The summed E-state index contributed by atoms with van der Waals surface area (Å²) in [6.07, 6.45) is 1.27. The summed E-state index contributed by atoms with van der Waals surface area (Å²) < 4.78 is 16.5. The molecule has 0 fully saturated rings. The van der Waals surface area contributed by atoms with Crippen molar-refractivity contribution in [2.24, 2.45) is 0 Å². The summed E-state index contributed by atoms with van der Waals surface area (Å²) >= 11 is 0. The van der Waals surface area contributed by atoms with Gasteiger partial charge in [0, 0.05) is 5.69 Å². The maximum atomic E-state index is 13.7. The Morgan fingerprint density at radius 3 is 2.70 bits per heavy atom. The molecule has 3 rings (SSSR count). The Balaban J connectivity index is 1.99. The van der Waals surface area contributed by atoms with E-state index in [1.165, 1.54) is 23.1 Å². The summed E-state index contributed by atoms with van der Waals surface area (Å²) in [4.78, 5) is 16.2. The molecule has 0 saturated carbocycles. The molecule has 1 amide bonds. The lowest BCUT2D eigenvalue weighted by Gasteiger charge is -2.13. The molecule has 3 aromatic rings. The fourth-order valence-electron chi connectivity index (χ4n) is 2.74. The van der Waals surface area contributed by atoms with E-state index in [4.69, 9.17) is 5.26 Å². The summed E-state index contributed by atoms with van der Waals surface area (Å²) in [6, 6.07) is 9.73. The van der Waals surface area contributed by atoms with E-state index in [1.807, 2.05) is 0 Å². The van der Waals surface area contributed by atoms with Crippen LogP contribution in [0.25, 0.3) is 5.69 Å². The second kappa shape index (κ2) is 7.10. The molecule has 0 aliphatic heterocycles. The van der Waals surface area contributed by atoms with Gasteiger partial charge in [-0.25, -0.2) is 14.1 Å². The first-order valence-electron chi connectivity index (χ1n) is 7.92. The number of carbonyl (C=O) groups is 1. The molecule has 0 aliphatic carbocycles. The van der Waals surface area contributed by atoms with Crippen molar-refractivity contribution in [2.45, 2.75) is 20.4 Å². The molecule has 8 nitrogen and oxygen atoms in total. The number of aromatic nitrogens is 4. The molecule has 0 radical (unpaired) electrons. The maximum Gasteiger partial charge on any atom is 0.252 e. The molecule has 2 aromatic heterocycles. The fraction of sp³-hybridized carbons (Fsp3) is 0.167. The zero-order chi connectivity index (χ0) is 19.6. The zero-order valence-electron chi connectivity index (χ0n) is 14.6. The minimum absolute atomic E-state index is 0.0460. The first-order chi connectivity index (χ1) is 12.9. The van der Waals surface area contributed by atoms with Crippen molar-refractivity contribution >= 4 is 11.7 Å². The van der Waals surface area contributed by atoms with Crippen LogP contribution < -0.4 is 5.32 Å². The van der Waals surface area contributed by atoms with Crippen molar-refractivity contribution in [2.75, 3.05) is 5.32 Å². The minimum atomic E-state index is -0.462. The summed E-state index contributed by atoms with van der Waals surface area (Å²) in [6.45, 7) is 3.36. The highest BCUT2D eigenvalue weighted by atomic mass is 19.1. The van der Waals surface area contributed by atoms with Crippen molar-refractivity contribution in [3.05, 3.63) is 59.1 Å². The topological polar surface area (TPSA) is 112 Å². The second-order valence-electron chi connectivity index (χ2n) is 5.79. The summed E-state index contributed by atoms with van der Waals surface area (Å²) in [5.41, 5.74) is 2.17. The van der Waals surface area contributed by atoms with E-state index in [0.717, 1.165) is 0 Å². The number of anilines is 1. The molecular formula is C18H14FN7O. The Morgan fingerprint density at radius 1 is 1.30 bits per heavy atom. The first-order valence-corrected chi connectivity index (χ1v) is 7.92. The number of hydrogen-bond donors (Lipinski definition) is 1. The van der Waals surface area contributed by atoms with Gasteiger partial charge in [-0.2, -0.15) is 10.5 Å². The van der Waals surface area contributed by atoms with Crippen LogP contribution in [0.3, 0.4) is 0 Å². The first kappa shape index (κ1) is 17.8. The molecule has 27 heavy (non-hydrogen) atoms. The van der Waals surface area contributed by atoms with Crippen LogP contribution >= 0.6 is 0 Å². The fourth-order valence-corrected chi connectivity index (χ4v) is 2.74. The van der Waals surface area contributed by atoms with Crippen LogP contribution in [-0.2, 0) is 11.3 Å². The lowest BCUT2D eigenvalue weighted by atomic mass is 10.2. The van der Waals surface area contributed by atoms with Gasteiger partial charge in [-0.15, -0.1) is 5.10 Å².